The molecule has 0 unspecified atom stereocenters. The first kappa shape index (κ1) is 12.2. The molecular formula is C13H14N2O3. The van der Waals surface area contributed by atoms with Crippen molar-refractivity contribution < 1.29 is 14.3 Å². The van der Waals surface area contributed by atoms with E-state index in [-0.39, 0.29) is 13.2 Å². The molecule has 0 N–H and O–H groups in total. The van der Waals surface area contributed by atoms with Crippen LogP contribution in [0.1, 0.15) is 11.1 Å². The van der Waals surface area contributed by atoms with Gasteiger partial charge in [0, 0.05) is 18.8 Å². The SMILES string of the molecule is Cn1cc(COC(=O)OCc2ccccc2)cn1. The van der Waals surface area contributed by atoms with E-state index in [9.17, 15) is 4.79 Å². The Morgan fingerprint density at radius 1 is 1.17 bits per heavy atom. The van der Waals surface area contributed by atoms with Crippen LogP contribution < -0.4 is 0 Å². The average Bonchev–Trinajstić information content (AvgIpc) is 2.81. The van der Waals surface area contributed by atoms with Gasteiger partial charge in [-0.15, -0.1) is 0 Å². The van der Waals surface area contributed by atoms with Crippen molar-refractivity contribution in [2.24, 2.45) is 7.05 Å². The molecule has 0 aliphatic carbocycles. The Bertz CT molecular complexity index is 508. The maximum atomic E-state index is 11.3. The number of hydrogen-bond acceptors (Lipinski definition) is 4. The second-order valence-corrected chi connectivity index (χ2v) is 3.84. The summed E-state index contributed by atoms with van der Waals surface area (Å²) in [6.45, 7) is 0.383. The summed E-state index contributed by atoms with van der Waals surface area (Å²) in [6, 6.07) is 9.45. The number of rotatable bonds is 4. The number of aromatic nitrogens is 2. The number of carbonyl (C=O) groups is 1. The first-order valence-corrected chi connectivity index (χ1v) is 5.55. The molecule has 94 valence electrons. The topological polar surface area (TPSA) is 53.4 Å². The first-order valence-electron chi connectivity index (χ1n) is 5.55. The van der Waals surface area contributed by atoms with Crippen molar-refractivity contribution in [3.63, 3.8) is 0 Å². The van der Waals surface area contributed by atoms with Crippen molar-refractivity contribution >= 4 is 6.16 Å². The first-order chi connectivity index (χ1) is 8.74. The molecule has 0 spiro atoms. The van der Waals surface area contributed by atoms with Crippen molar-refractivity contribution in [1.82, 2.24) is 9.78 Å². The van der Waals surface area contributed by atoms with Gasteiger partial charge < -0.3 is 9.47 Å². The van der Waals surface area contributed by atoms with Crippen LogP contribution in [0.15, 0.2) is 42.7 Å². The fourth-order valence-electron chi connectivity index (χ4n) is 1.45. The molecule has 2 rings (SSSR count). The molecule has 5 nitrogen and oxygen atoms in total. The smallest absolute Gasteiger partial charge is 0.429 e. The maximum Gasteiger partial charge on any atom is 0.508 e. The molecule has 0 fully saturated rings. The minimum atomic E-state index is -0.678. The monoisotopic (exact) mass is 246 g/mol. The highest BCUT2D eigenvalue weighted by molar-refractivity contribution is 5.59. The van der Waals surface area contributed by atoms with E-state index in [4.69, 9.17) is 9.47 Å². The van der Waals surface area contributed by atoms with E-state index in [1.165, 1.54) is 0 Å². The number of ether oxygens (including phenoxy) is 2. The van der Waals surface area contributed by atoms with Crippen LogP contribution in [0, 0.1) is 0 Å². The summed E-state index contributed by atoms with van der Waals surface area (Å²) in [5, 5.41) is 3.97. The Kier molecular flexibility index (Phi) is 3.96. The molecule has 0 aliphatic rings. The number of benzene rings is 1. The van der Waals surface area contributed by atoms with Crippen LogP contribution in [-0.4, -0.2) is 15.9 Å². The number of aryl methyl sites for hydroxylation is 1. The molecule has 1 heterocycles. The average molecular weight is 246 g/mol. The van der Waals surface area contributed by atoms with Crippen molar-refractivity contribution in [2.75, 3.05) is 0 Å². The summed E-state index contributed by atoms with van der Waals surface area (Å²) in [6.07, 6.45) is 2.75. The van der Waals surface area contributed by atoms with Gasteiger partial charge in [-0.05, 0) is 5.56 Å². The zero-order valence-corrected chi connectivity index (χ0v) is 10.1. The highest BCUT2D eigenvalue weighted by atomic mass is 16.7. The van der Waals surface area contributed by atoms with Gasteiger partial charge in [0.15, 0.2) is 0 Å². The third kappa shape index (κ3) is 3.62. The fraction of sp³-hybridized carbons (Fsp3) is 0.231. The quantitative estimate of drug-likeness (QED) is 0.776. The van der Waals surface area contributed by atoms with E-state index in [1.807, 2.05) is 30.3 Å². The van der Waals surface area contributed by atoms with Gasteiger partial charge in [-0.1, -0.05) is 30.3 Å². The summed E-state index contributed by atoms with van der Waals surface area (Å²) < 4.78 is 11.6. The van der Waals surface area contributed by atoms with Gasteiger partial charge in [0.2, 0.25) is 0 Å². The van der Waals surface area contributed by atoms with E-state index in [1.54, 1.807) is 24.1 Å². The molecule has 0 saturated heterocycles. The molecule has 2 aromatic rings. The molecule has 0 atom stereocenters. The maximum absolute atomic E-state index is 11.3. The molecule has 0 bridgehead atoms. The molecule has 0 aliphatic heterocycles. The predicted octanol–water partition coefficient (Wildman–Crippen LogP) is 2.27. The lowest BCUT2D eigenvalue weighted by molar-refractivity contribution is 0.0446. The van der Waals surface area contributed by atoms with Crippen LogP contribution in [-0.2, 0) is 29.7 Å². The van der Waals surface area contributed by atoms with E-state index < -0.39 is 6.16 Å². The van der Waals surface area contributed by atoms with Crippen LogP contribution in [0.3, 0.4) is 0 Å². The van der Waals surface area contributed by atoms with Gasteiger partial charge in [0.1, 0.15) is 13.2 Å². The van der Waals surface area contributed by atoms with E-state index >= 15 is 0 Å². The molecule has 0 radical (unpaired) electrons. The summed E-state index contributed by atoms with van der Waals surface area (Å²) in [7, 11) is 1.80. The minimum Gasteiger partial charge on any atom is -0.429 e. The molecule has 0 saturated carbocycles. The van der Waals surface area contributed by atoms with Crippen LogP contribution in [0.25, 0.3) is 0 Å². The third-order valence-electron chi connectivity index (χ3n) is 2.31. The number of hydrogen-bond donors (Lipinski definition) is 0. The Labute approximate surface area is 105 Å². The zero-order chi connectivity index (χ0) is 12.8. The van der Waals surface area contributed by atoms with E-state index in [2.05, 4.69) is 5.10 Å². The van der Waals surface area contributed by atoms with Crippen LogP contribution in [0.4, 0.5) is 4.79 Å². The third-order valence-corrected chi connectivity index (χ3v) is 2.31. The van der Waals surface area contributed by atoms with Gasteiger partial charge in [0.05, 0.1) is 6.20 Å². The number of nitrogens with zero attached hydrogens (tertiary/aromatic N) is 2. The Hall–Kier alpha value is -2.30. The predicted molar refractivity (Wildman–Crippen MR) is 64.6 cm³/mol. The molecule has 5 heteroatoms. The summed E-state index contributed by atoms with van der Waals surface area (Å²) >= 11 is 0. The van der Waals surface area contributed by atoms with E-state index in [0.717, 1.165) is 11.1 Å². The Morgan fingerprint density at radius 3 is 2.44 bits per heavy atom. The Morgan fingerprint density at radius 2 is 1.83 bits per heavy atom. The zero-order valence-electron chi connectivity index (χ0n) is 10.1. The highest BCUT2D eigenvalue weighted by Gasteiger charge is 2.05. The van der Waals surface area contributed by atoms with Crippen molar-refractivity contribution in [2.45, 2.75) is 13.2 Å². The summed E-state index contributed by atoms with van der Waals surface area (Å²) in [4.78, 5) is 11.3. The molecular weight excluding hydrogens is 232 g/mol. The van der Waals surface area contributed by atoms with Crippen LogP contribution in [0.2, 0.25) is 0 Å². The Balaban J connectivity index is 1.73. The lowest BCUT2D eigenvalue weighted by atomic mass is 10.2. The summed E-state index contributed by atoms with van der Waals surface area (Å²) in [5.74, 6) is 0. The van der Waals surface area contributed by atoms with Gasteiger partial charge in [0.25, 0.3) is 0 Å². The van der Waals surface area contributed by atoms with Crippen molar-refractivity contribution in [3.05, 3.63) is 53.9 Å². The largest absolute Gasteiger partial charge is 0.508 e. The molecule has 1 aromatic carbocycles. The number of carbonyl (C=O) groups excluding carboxylic acids is 1. The van der Waals surface area contributed by atoms with Crippen LogP contribution >= 0.6 is 0 Å². The molecule has 18 heavy (non-hydrogen) atoms. The lowest BCUT2D eigenvalue weighted by Crippen LogP contribution is -2.07. The van der Waals surface area contributed by atoms with Crippen LogP contribution in [0.5, 0.6) is 0 Å². The molecule has 1 aromatic heterocycles. The van der Waals surface area contributed by atoms with E-state index in [0.29, 0.717) is 0 Å². The van der Waals surface area contributed by atoms with Crippen molar-refractivity contribution in [1.29, 1.82) is 0 Å². The highest BCUT2D eigenvalue weighted by Crippen LogP contribution is 2.04. The van der Waals surface area contributed by atoms with Gasteiger partial charge >= 0.3 is 6.16 Å². The van der Waals surface area contributed by atoms with Gasteiger partial charge in [-0.2, -0.15) is 5.10 Å². The standard InChI is InChI=1S/C13H14N2O3/c1-15-8-12(7-14-15)10-18-13(16)17-9-11-5-3-2-4-6-11/h2-8H,9-10H2,1H3. The van der Waals surface area contributed by atoms with Crippen molar-refractivity contribution in [3.8, 4) is 0 Å². The minimum absolute atomic E-state index is 0.168. The second-order valence-electron chi connectivity index (χ2n) is 3.84. The second kappa shape index (κ2) is 5.86. The normalized spacial score (nSPS) is 10.1. The lowest BCUT2D eigenvalue weighted by Gasteiger charge is -2.05. The fourth-order valence-corrected chi connectivity index (χ4v) is 1.45. The summed E-state index contributed by atoms with van der Waals surface area (Å²) in [5.41, 5.74) is 1.75. The molecule has 0 amide bonds. The van der Waals surface area contributed by atoms with Gasteiger partial charge in [-0.3, -0.25) is 4.68 Å². The van der Waals surface area contributed by atoms with Gasteiger partial charge in [-0.25, -0.2) is 4.79 Å².